The Bertz CT molecular complexity index is 272. The molecule has 0 saturated carbocycles. The standard InChI is InChI=1S/C5H6ClF3N4O/c1-10-5-12-4(9)11-2(6)13(5)14-3(7)8/h3,5,10H,1H3. The Hall–Kier alpha value is -0.860. The van der Waals surface area contributed by atoms with E-state index in [-0.39, 0.29) is 0 Å². The molecular weight excluding hydrogens is 225 g/mol. The normalized spacial score (nSPS) is 22.4. The molecule has 1 N–H and O–H groups in total. The van der Waals surface area contributed by atoms with E-state index >= 15 is 0 Å². The maximum Gasteiger partial charge on any atom is 0.365 e. The van der Waals surface area contributed by atoms with Crippen LogP contribution in [0.4, 0.5) is 13.2 Å². The highest BCUT2D eigenvalue weighted by Crippen LogP contribution is 2.14. The molecular formula is C5H6ClF3N4O. The second kappa shape index (κ2) is 4.58. The quantitative estimate of drug-likeness (QED) is 0.733. The van der Waals surface area contributed by atoms with E-state index in [1.165, 1.54) is 7.05 Å². The molecule has 0 aromatic rings. The second-order valence-electron chi connectivity index (χ2n) is 2.13. The van der Waals surface area contributed by atoms with Gasteiger partial charge in [0.1, 0.15) is 0 Å². The molecule has 1 unspecified atom stereocenters. The summed E-state index contributed by atoms with van der Waals surface area (Å²) in [4.78, 5) is 10.2. The Morgan fingerprint density at radius 2 is 2.29 bits per heavy atom. The summed E-state index contributed by atoms with van der Waals surface area (Å²) in [6.07, 6.45) is -2.27. The van der Waals surface area contributed by atoms with Crippen molar-refractivity contribution in [3.05, 3.63) is 0 Å². The molecule has 1 aliphatic heterocycles. The Kier molecular flexibility index (Phi) is 3.67. The molecule has 80 valence electrons. The molecule has 5 nitrogen and oxygen atoms in total. The van der Waals surface area contributed by atoms with Crippen molar-refractivity contribution < 1.29 is 18.0 Å². The molecule has 0 bridgehead atoms. The van der Waals surface area contributed by atoms with E-state index in [1.807, 2.05) is 0 Å². The third-order valence-corrected chi connectivity index (χ3v) is 1.52. The number of hydroxylamine groups is 2. The lowest BCUT2D eigenvalue weighted by atomic mass is 10.7. The van der Waals surface area contributed by atoms with Gasteiger partial charge >= 0.3 is 12.7 Å². The van der Waals surface area contributed by atoms with Crippen LogP contribution in [0.25, 0.3) is 0 Å². The first-order chi connectivity index (χ1) is 6.54. The minimum atomic E-state index is -3.09. The summed E-state index contributed by atoms with van der Waals surface area (Å²) in [7, 11) is 1.37. The Balaban J connectivity index is 2.78. The molecule has 0 radical (unpaired) electrons. The zero-order valence-corrected chi connectivity index (χ0v) is 7.67. The maximum absolute atomic E-state index is 12.6. The molecule has 0 aromatic heterocycles. The first-order valence-electron chi connectivity index (χ1n) is 3.43. The first kappa shape index (κ1) is 11.2. The number of alkyl halides is 2. The van der Waals surface area contributed by atoms with Gasteiger partial charge in [0.25, 0.3) is 0 Å². The van der Waals surface area contributed by atoms with Gasteiger partial charge in [-0.1, -0.05) is 0 Å². The SMILES string of the molecule is CNC1N=C(F)N=C(Cl)N1OC(F)F. The first-order valence-corrected chi connectivity index (χ1v) is 3.81. The van der Waals surface area contributed by atoms with E-state index < -0.39 is 24.3 Å². The zero-order valence-electron chi connectivity index (χ0n) is 6.92. The molecule has 9 heteroatoms. The summed E-state index contributed by atoms with van der Waals surface area (Å²) >= 11 is 5.35. The molecule has 0 saturated heterocycles. The predicted molar refractivity (Wildman–Crippen MR) is 43.6 cm³/mol. The lowest BCUT2D eigenvalue weighted by Gasteiger charge is -2.28. The Morgan fingerprint density at radius 3 is 2.79 bits per heavy atom. The third-order valence-electron chi connectivity index (χ3n) is 1.27. The average molecular weight is 231 g/mol. The molecule has 0 fully saturated rings. The lowest BCUT2D eigenvalue weighted by molar-refractivity contribution is -0.264. The minimum Gasteiger partial charge on any atom is -0.280 e. The van der Waals surface area contributed by atoms with Gasteiger partial charge in [-0.2, -0.15) is 33.1 Å². The molecule has 0 spiro atoms. The van der Waals surface area contributed by atoms with Crippen molar-refractivity contribution in [3.63, 3.8) is 0 Å². The fourth-order valence-electron chi connectivity index (χ4n) is 0.777. The summed E-state index contributed by atoms with van der Waals surface area (Å²) < 4.78 is 36.3. The van der Waals surface area contributed by atoms with Crippen LogP contribution in [0.15, 0.2) is 9.98 Å². The van der Waals surface area contributed by atoms with Crippen molar-refractivity contribution >= 4 is 23.0 Å². The van der Waals surface area contributed by atoms with Crippen LogP contribution in [0.2, 0.25) is 0 Å². The van der Waals surface area contributed by atoms with Crippen LogP contribution in [0, 0.1) is 0 Å². The van der Waals surface area contributed by atoms with Crippen LogP contribution in [-0.2, 0) is 4.84 Å². The van der Waals surface area contributed by atoms with Gasteiger partial charge in [-0.15, -0.1) is 0 Å². The number of rotatable bonds is 3. The minimum absolute atomic E-state index is 0.468. The number of nitrogens with one attached hydrogen (secondary N) is 1. The number of hydrogen-bond donors (Lipinski definition) is 1. The van der Waals surface area contributed by atoms with Crippen molar-refractivity contribution in [1.82, 2.24) is 10.4 Å². The van der Waals surface area contributed by atoms with Gasteiger partial charge in [-0.05, 0) is 18.6 Å². The van der Waals surface area contributed by atoms with Gasteiger partial charge < -0.3 is 0 Å². The highest BCUT2D eigenvalue weighted by atomic mass is 35.5. The number of amidine groups is 2. The smallest absolute Gasteiger partial charge is 0.280 e. The van der Waals surface area contributed by atoms with Gasteiger partial charge in [-0.3, -0.25) is 5.32 Å². The highest BCUT2D eigenvalue weighted by Gasteiger charge is 2.28. The summed E-state index contributed by atoms with van der Waals surface area (Å²) in [5, 5.41) is 2.30. The van der Waals surface area contributed by atoms with Crippen molar-refractivity contribution in [1.29, 1.82) is 0 Å². The number of nitrogens with zero attached hydrogens (tertiary/aromatic N) is 3. The lowest BCUT2D eigenvalue weighted by Crippen LogP contribution is -2.48. The van der Waals surface area contributed by atoms with Crippen molar-refractivity contribution in [2.45, 2.75) is 12.9 Å². The van der Waals surface area contributed by atoms with E-state index in [9.17, 15) is 13.2 Å². The highest BCUT2D eigenvalue weighted by molar-refractivity contribution is 6.65. The summed E-state index contributed by atoms with van der Waals surface area (Å²) in [6, 6.07) is 0. The van der Waals surface area contributed by atoms with Crippen LogP contribution in [0.1, 0.15) is 0 Å². The molecule has 1 aliphatic rings. The van der Waals surface area contributed by atoms with E-state index in [0.29, 0.717) is 5.06 Å². The number of halogens is 4. The average Bonchev–Trinajstić information content (AvgIpc) is 2.08. The van der Waals surface area contributed by atoms with Gasteiger partial charge in [0.15, 0.2) is 0 Å². The van der Waals surface area contributed by atoms with Crippen LogP contribution in [0.3, 0.4) is 0 Å². The largest absolute Gasteiger partial charge is 0.365 e. The van der Waals surface area contributed by atoms with Crippen molar-refractivity contribution in [2.75, 3.05) is 7.05 Å². The fraction of sp³-hybridized carbons (Fsp3) is 0.600. The van der Waals surface area contributed by atoms with Crippen LogP contribution >= 0.6 is 11.6 Å². The monoisotopic (exact) mass is 230 g/mol. The predicted octanol–water partition coefficient (Wildman–Crippen LogP) is 0.879. The molecule has 1 heterocycles. The molecule has 0 amide bonds. The van der Waals surface area contributed by atoms with E-state index in [4.69, 9.17) is 11.6 Å². The van der Waals surface area contributed by atoms with Gasteiger partial charge in [0.2, 0.25) is 11.6 Å². The van der Waals surface area contributed by atoms with Crippen LogP contribution < -0.4 is 5.32 Å². The van der Waals surface area contributed by atoms with Gasteiger partial charge in [0, 0.05) is 0 Å². The van der Waals surface area contributed by atoms with Gasteiger partial charge in [-0.25, -0.2) is 0 Å². The van der Waals surface area contributed by atoms with E-state index in [2.05, 4.69) is 20.1 Å². The molecule has 14 heavy (non-hydrogen) atoms. The summed E-state index contributed by atoms with van der Waals surface area (Å²) in [5.41, 5.74) is 0. The Morgan fingerprint density at radius 1 is 1.64 bits per heavy atom. The Labute approximate surface area is 82.2 Å². The van der Waals surface area contributed by atoms with Crippen molar-refractivity contribution in [2.24, 2.45) is 9.98 Å². The summed E-state index contributed by atoms with van der Waals surface area (Å²) in [5.74, 6) is 0. The molecule has 0 aliphatic carbocycles. The van der Waals surface area contributed by atoms with E-state index in [1.54, 1.807) is 0 Å². The summed E-state index contributed by atoms with van der Waals surface area (Å²) in [6.45, 7) is -3.09. The fourth-order valence-corrected chi connectivity index (χ4v) is 0.979. The van der Waals surface area contributed by atoms with Crippen LogP contribution in [0.5, 0.6) is 0 Å². The topological polar surface area (TPSA) is 49.2 Å². The number of aliphatic imine (C=N–C) groups is 2. The molecule has 1 rings (SSSR count). The van der Waals surface area contributed by atoms with Gasteiger partial charge in [0.05, 0.1) is 0 Å². The second-order valence-corrected chi connectivity index (χ2v) is 2.47. The number of hydrogen-bond acceptors (Lipinski definition) is 5. The van der Waals surface area contributed by atoms with Crippen molar-refractivity contribution in [3.8, 4) is 0 Å². The maximum atomic E-state index is 12.6. The van der Waals surface area contributed by atoms with E-state index in [0.717, 1.165) is 0 Å². The third kappa shape index (κ3) is 2.56. The van der Waals surface area contributed by atoms with Crippen LogP contribution in [-0.4, -0.2) is 36.4 Å². The molecule has 1 atom stereocenters. The molecule has 0 aromatic carbocycles. The zero-order chi connectivity index (χ0) is 10.7.